The molecule has 25 heavy (non-hydrogen) atoms. The maximum Gasteiger partial charge on any atom is 0.171 e. The van der Waals surface area contributed by atoms with E-state index in [1.807, 2.05) is 0 Å². The second-order valence-electron chi connectivity index (χ2n) is 5.62. The summed E-state index contributed by atoms with van der Waals surface area (Å²) in [5.74, 6) is -0.800. The predicted molar refractivity (Wildman–Crippen MR) is 93.1 cm³/mol. The summed E-state index contributed by atoms with van der Waals surface area (Å²) < 4.78 is 10.6. The Bertz CT molecular complexity index is 759. The molecule has 0 spiro atoms. The van der Waals surface area contributed by atoms with E-state index in [9.17, 15) is 14.7 Å². The first kappa shape index (κ1) is 18.7. The van der Waals surface area contributed by atoms with Gasteiger partial charge >= 0.3 is 0 Å². The number of hydrogen-bond donors (Lipinski definition) is 2. The normalized spacial score (nSPS) is 18.1. The lowest BCUT2D eigenvalue weighted by molar-refractivity contribution is -0.312. The molecule has 1 aliphatic heterocycles. The third kappa shape index (κ3) is 4.08. The van der Waals surface area contributed by atoms with Gasteiger partial charge in [-0.15, -0.1) is 0 Å². The molecule has 0 amide bonds. The standard InChI is InChI=1S/C17H20N2O5S/c1-8-14(9(2)20)15(19-17(25)18-8)11-5-6-12(13(7-11)23-4)24-10(3)16(21)22/h5-7,10,15H,1-4H3,(H,21,22)(H2,18,19,25)/p-1/t10-,15+/m1/s1. The molecule has 0 fully saturated rings. The van der Waals surface area contributed by atoms with E-state index >= 15 is 0 Å². The Morgan fingerprint density at radius 1 is 1.32 bits per heavy atom. The molecule has 1 heterocycles. The Balaban J connectivity index is 2.42. The van der Waals surface area contributed by atoms with Crippen LogP contribution in [0.15, 0.2) is 29.5 Å². The zero-order valence-electron chi connectivity index (χ0n) is 14.3. The molecular weight excluding hydrogens is 344 g/mol. The Hall–Kier alpha value is -2.61. The number of Topliss-reactive ketones (excluding diaryl/α,β-unsaturated/α-hetero) is 1. The van der Waals surface area contributed by atoms with Gasteiger partial charge in [0.1, 0.15) is 6.10 Å². The van der Waals surface area contributed by atoms with E-state index in [0.717, 1.165) is 5.56 Å². The molecule has 1 aromatic rings. The van der Waals surface area contributed by atoms with E-state index < -0.39 is 18.1 Å². The lowest BCUT2D eigenvalue weighted by Gasteiger charge is -2.30. The quantitative estimate of drug-likeness (QED) is 0.709. The number of allylic oxidation sites excluding steroid dienone is 1. The van der Waals surface area contributed by atoms with Gasteiger partial charge in [0, 0.05) is 11.3 Å². The second-order valence-corrected chi connectivity index (χ2v) is 6.02. The number of nitrogens with one attached hydrogen (secondary N) is 2. The molecule has 0 saturated carbocycles. The van der Waals surface area contributed by atoms with E-state index in [1.165, 1.54) is 21.0 Å². The number of carboxylic acid groups (broad SMARTS) is 1. The second kappa shape index (κ2) is 7.52. The zero-order chi connectivity index (χ0) is 18.7. The fourth-order valence-electron chi connectivity index (χ4n) is 2.61. The maximum absolute atomic E-state index is 12.0. The van der Waals surface area contributed by atoms with Gasteiger partial charge in [-0.25, -0.2) is 0 Å². The topological polar surface area (TPSA) is 99.7 Å². The number of aliphatic carboxylic acids is 1. The minimum absolute atomic E-state index is 0.0881. The summed E-state index contributed by atoms with van der Waals surface area (Å²) in [6, 6.07) is 4.56. The summed E-state index contributed by atoms with van der Waals surface area (Å²) >= 11 is 5.18. The fraction of sp³-hybridized carbons (Fsp3) is 0.353. The van der Waals surface area contributed by atoms with Gasteiger partial charge in [0.15, 0.2) is 22.4 Å². The van der Waals surface area contributed by atoms with Crippen LogP contribution in [0.3, 0.4) is 0 Å². The largest absolute Gasteiger partial charge is 0.546 e. The highest BCUT2D eigenvalue weighted by atomic mass is 32.1. The summed E-state index contributed by atoms with van der Waals surface area (Å²) in [4.78, 5) is 22.9. The lowest BCUT2D eigenvalue weighted by atomic mass is 9.93. The van der Waals surface area contributed by atoms with Crippen molar-refractivity contribution >= 4 is 29.1 Å². The number of ether oxygens (including phenoxy) is 2. The molecule has 0 radical (unpaired) electrons. The molecular formula is C17H19N2O5S-. The van der Waals surface area contributed by atoms with Crippen LogP contribution in [0.4, 0.5) is 0 Å². The van der Waals surface area contributed by atoms with Crippen LogP contribution in [0, 0.1) is 0 Å². The van der Waals surface area contributed by atoms with Crippen molar-refractivity contribution in [3.05, 3.63) is 35.0 Å². The minimum atomic E-state index is -1.33. The van der Waals surface area contributed by atoms with Crippen LogP contribution in [0.2, 0.25) is 0 Å². The Morgan fingerprint density at radius 3 is 2.56 bits per heavy atom. The number of ketones is 1. The maximum atomic E-state index is 12.0. The first-order valence-corrected chi connectivity index (χ1v) is 8.00. The Kier molecular flexibility index (Phi) is 5.63. The summed E-state index contributed by atoms with van der Waals surface area (Å²) in [6.45, 7) is 4.64. The number of carboxylic acids is 1. The third-order valence-corrected chi connectivity index (χ3v) is 4.03. The monoisotopic (exact) mass is 363 g/mol. The highest BCUT2D eigenvalue weighted by Gasteiger charge is 2.28. The molecule has 0 aromatic heterocycles. The molecule has 7 nitrogen and oxygen atoms in total. The molecule has 0 unspecified atom stereocenters. The zero-order valence-corrected chi connectivity index (χ0v) is 15.2. The summed E-state index contributed by atoms with van der Waals surface area (Å²) in [5, 5.41) is 17.3. The van der Waals surface area contributed by atoms with Crippen molar-refractivity contribution in [2.45, 2.75) is 32.9 Å². The van der Waals surface area contributed by atoms with Gasteiger partial charge in [-0.2, -0.15) is 0 Å². The molecule has 134 valence electrons. The average molecular weight is 363 g/mol. The van der Waals surface area contributed by atoms with Crippen molar-refractivity contribution in [2.24, 2.45) is 0 Å². The van der Waals surface area contributed by atoms with Crippen molar-refractivity contribution in [3.8, 4) is 11.5 Å². The summed E-state index contributed by atoms with van der Waals surface area (Å²) in [6.07, 6.45) is -1.13. The molecule has 2 rings (SSSR count). The average Bonchev–Trinajstić information content (AvgIpc) is 2.53. The number of benzene rings is 1. The summed E-state index contributed by atoms with van der Waals surface area (Å²) in [5.41, 5.74) is 1.98. The van der Waals surface area contributed by atoms with Crippen molar-refractivity contribution < 1.29 is 24.2 Å². The third-order valence-electron chi connectivity index (χ3n) is 3.81. The van der Waals surface area contributed by atoms with Crippen LogP contribution in [0.1, 0.15) is 32.4 Å². The van der Waals surface area contributed by atoms with Crippen molar-refractivity contribution in [1.82, 2.24) is 10.6 Å². The van der Waals surface area contributed by atoms with Crippen LogP contribution in [-0.2, 0) is 9.59 Å². The van der Waals surface area contributed by atoms with E-state index in [2.05, 4.69) is 10.6 Å². The molecule has 1 aliphatic rings. The van der Waals surface area contributed by atoms with E-state index in [-0.39, 0.29) is 11.5 Å². The number of carbonyl (C=O) groups is 2. The van der Waals surface area contributed by atoms with E-state index in [0.29, 0.717) is 22.1 Å². The van der Waals surface area contributed by atoms with Crippen molar-refractivity contribution in [1.29, 1.82) is 0 Å². The van der Waals surface area contributed by atoms with Gasteiger partial charge in [-0.05, 0) is 50.7 Å². The molecule has 2 N–H and O–H groups in total. The van der Waals surface area contributed by atoms with E-state index in [1.54, 1.807) is 25.1 Å². The number of rotatable bonds is 6. The van der Waals surface area contributed by atoms with Gasteiger partial charge in [0.25, 0.3) is 0 Å². The molecule has 1 aromatic carbocycles. The van der Waals surface area contributed by atoms with E-state index in [4.69, 9.17) is 21.7 Å². The van der Waals surface area contributed by atoms with Crippen molar-refractivity contribution in [2.75, 3.05) is 7.11 Å². The first-order chi connectivity index (χ1) is 11.7. The highest BCUT2D eigenvalue weighted by molar-refractivity contribution is 7.80. The Morgan fingerprint density at radius 2 is 2.00 bits per heavy atom. The fourth-order valence-corrected chi connectivity index (χ4v) is 2.88. The van der Waals surface area contributed by atoms with Crippen LogP contribution in [0.5, 0.6) is 11.5 Å². The smallest absolute Gasteiger partial charge is 0.171 e. The summed E-state index contributed by atoms with van der Waals surface area (Å²) in [7, 11) is 1.45. The van der Waals surface area contributed by atoms with Gasteiger partial charge in [0.05, 0.1) is 19.1 Å². The molecule has 0 bridgehead atoms. The number of carbonyl (C=O) groups excluding carboxylic acids is 2. The number of thiocarbonyl (C=S) groups is 1. The van der Waals surface area contributed by atoms with Gasteiger partial charge < -0.3 is 30.0 Å². The van der Waals surface area contributed by atoms with Crippen LogP contribution >= 0.6 is 12.2 Å². The Labute approximate surface area is 151 Å². The van der Waals surface area contributed by atoms with Gasteiger partial charge in [0.2, 0.25) is 0 Å². The predicted octanol–water partition coefficient (Wildman–Crippen LogP) is 0.594. The number of hydrogen-bond acceptors (Lipinski definition) is 6. The van der Waals surface area contributed by atoms with Crippen molar-refractivity contribution in [3.63, 3.8) is 0 Å². The molecule has 2 atom stereocenters. The minimum Gasteiger partial charge on any atom is -0.546 e. The van der Waals surface area contributed by atoms with Crippen LogP contribution < -0.4 is 25.2 Å². The first-order valence-electron chi connectivity index (χ1n) is 7.59. The van der Waals surface area contributed by atoms with Gasteiger partial charge in [-0.3, -0.25) is 4.79 Å². The van der Waals surface area contributed by atoms with Crippen LogP contribution in [0.25, 0.3) is 0 Å². The van der Waals surface area contributed by atoms with Crippen LogP contribution in [-0.4, -0.2) is 30.1 Å². The molecule has 0 saturated heterocycles. The molecule has 0 aliphatic carbocycles. The SMILES string of the molecule is COc1cc([C@@H]2NC(=S)NC(C)=C2C(C)=O)ccc1O[C@H](C)C(=O)[O-]. The lowest BCUT2D eigenvalue weighted by Crippen LogP contribution is -2.44. The number of methoxy groups -OCH3 is 1. The van der Waals surface area contributed by atoms with Gasteiger partial charge in [-0.1, -0.05) is 6.07 Å². The highest BCUT2D eigenvalue weighted by Crippen LogP contribution is 2.34. The molecule has 8 heteroatoms.